The number of esters is 1. The normalized spacial score (nSPS) is 11.2. The number of nitrogens with one attached hydrogen (secondary N) is 1. The van der Waals surface area contributed by atoms with Gasteiger partial charge in [0.1, 0.15) is 5.76 Å². The second kappa shape index (κ2) is 7.24. The summed E-state index contributed by atoms with van der Waals surface area (Å²) in [6.45, 7) is 3.63. The molecule has 0 radical (unpaired) electrons. The van der Waals surface area contributed by atoms with Gasteiger partial charge in [0.05, 0.1) is 23.3 Å². The molecule has 0 spiro atoms. The molecule has 8 heteroatoms. The Labute approximate surface area is 157 Å². The molecule has 0 unspecified atom stereocenters. The Morgan fingerprint density at radius 2 is 1.67 bits per heavy atom. The maximum atomic E-state index is 12.6. The SMILES string of the molecule is COC(=O)c1ccc(NS(=O)(=O)c2ccc(-c3c(C)noc3C)cc2)cc1. The first-order chi connectivity index (χ1) is 12.8. The van der Waals surface area contributed by atoms with Crippen molar-refractivity contribution in [3.63, 3.8) is 0 Å². The minimum Gasteiger partial charge on any atom is -0.465 e. The van der Waals surface area contributed by atoms with Crippen LogP contribution in [0.25, 0.3) is 11.1 Å². The van der Waals surface area contributed by atoms with Gasteiger partial charge in [0.25, 0.3) is 10.0 Å². The van der Waals surface area contributed by atoms with Crippen molar-refractivity contribution in [2.45, 2.75) is 18.7 Å². The maximum Gasteiger partial charge on any atom is 0.337 e. The molecule has 3 aromatic rings. The second-order valence-corrected chi connectivity index (χ2v) is 7.58. The standard InChI is InChI=1S/C19H18N2O5S/c1-12-18(13(2)26-20-12)14-6-10-17(11-7-14)27(23,24)21-16-8-4-15(5-9-16)19(22)25-3/h4-11,21H,1-3H3. The number of rotatable bonds is 5. The highest BCUT2D eigenvalue weighted by molar-refractivity contribution is 7.92. The third-order valence-corrected chi connectivity index (χ3v) is 5.44. The van der Waals surface area contributed by atoms with Crippen molar-refractivity contribution in [3.05, 3.63) is 65.5 Å². The van der Waals surface area contributed by atoms with Crippen LogP contribution in [0.1, 0.15) is 21.8 Å². The van der Waals surface area contributed by atoms with Gasteiger partial charge in [-0.1, -0.05) is 17.3 Å². The van der Waals surface area contributed by atoms with Crippen molar-refractivity contribution in [2.24, 2.45) is 0 Å². The molecule has 0 aliphatic carbocycles. The van der Waals surface area contributed by atoms with E-state index in [-0.39, 0.29) is 4.90 Å². The zero-order valence-electron chi connectivity index (χ0n) is 15.0. The zero-order valence-corrected chi connectivity index (χ0v) is 15.8. The van der Waals surface area contributed by atoms with E-state index >= 15 is 0 Å². The van der Waals surface area contributed by atoms with Gasteiger partial charge in [-0.3, -0.25) is 4.72 Å². The number of nitrogens with zero attached hydrogens (tertiary/aromatic N) is 1. The Morgan fingerprint density at radius 1 is 1.04 bits per heavy atom. The predicted octanol–water partition coefficient (Wildman–Crippen LogP) is 3.55. The van der Waals surface area contributed by atoms with Gasteiger partial charge >= 0.3 is 5.97 Å². The van der Waals surface area contributed by atoms with Crippen LogP contribution in [-0.2, 0) is 14.8 Å². The van der Waals surface area contributed by atoms with E-state index in [0.29, 0.717) is 17.0 Å². The summed E-state index contributed by atoms with van der Waals surface area (Å²) in [5, 5.41) is 3.91. The lowest BCUT2D eigenvalue weighted by Gasteiger charge is -2.09. The summed E-state index contributed by atoms with van der Waals surface area (Å²) < 4.78 is 37.4. The van der Waals surface area contributed by atoms with Crippen LogP contribution in [0.5, 0.6) is 0 Å². The van der Waals surface area contributed by atoms with Gasteiger partial charge in [0.15, 0.2) is 0 Å². The first kappa shape index (κ1) is 18.7. The summed E-state index contributed by atoms with van der Waals surface area (Å²) in [5.74, 6) is 0.186. The number of sulfonamides is 1. The summed E-state index contributed by atoms with van der Waals surface area (Å²) in [5.41, 5.74) is 3.10. The number of benzene rings is 2. The van der Waals surface area contributed by atoms with Gasteiger partial charge in [-0.05, 0) is 55.8 Å². The lowest BCUT2D eigenvalue weighted by Crippen LogP contribution is -2.13. The zero-order chi connectivity index (χ0) is 19.6. The van der Waals surface area contributed by atoms with Gasteiger partial charge in [0, 0.05) is 11.3 Å². The van der Waals surface area contributed by atoms with Gasteiger partial charge < -0.3 is 9.26 Å². The van der Waals surface area contributed by atoms with E-state index in [1.165, 1.54) is 43.5 Å². The molecular weight excluding hydrogens is 368 g/mol. The molecule has 0 saturated heterocycles. The van der Waals surface area contributed by atoms with Crippen LogP contribution in [-0.4, -0.2) is 26.7 Å². The second-order valence-electron chi connectivity index (χ2n) is 5.90. The molecule has 7 nitrogen and oxygen atoms in total. The molecule has 1 N–H and O–H groups in total. The molecule has 0 aliphatic heterocycles. The maximum absolute atomic E-state index is 12.6. The highest BCUT2D eigenvalue weighted by Crippen LogP contribution is 2.28. The highest BCUT2D eigenvalue weighted by Gasteiger charge is 2.17. The van der Waals surface area contributed by atoms with Crippen LogP contribution in [0, 0.1) is 13.8 Å². The molecular formula is C19H18N2O5S. The number of methoxy groups -OCH3 is 1. The number of ether oxygens (including phenoxy) is 1. The lowest BCUT2D eigenvalue weighted by atomic mass is 10.0. The molecule has 2 aromatic carbocycles. The number of carbonyl (C=O) groups excluding carboxylic acids is 1. The minimum absolute atomic E-state index is 0.120. The summed E-state index contributed by atoms with van der Waals surface area (Å²) in [6.07, 6.45) is 0. The van der Waals surface area contributed by atoms with E-state index < -0.39 is 16.0 Å². The van der Waals surface area contributed by atoms with E-state index in [2.05, 4.69) is 14.6 Å². The van der Waals surface area contributed by atoms with Crippen LogP contribution in [0.2, 0.25) is 0 Å². The first-order valence-corrected chi connectivity index (χ1v) is 9.54. The number of anilines is 1. The Kier molecular flexibility index (Phi) is 5.00. The fraction of sp³-hybridized carbons (Fsp3) is 0.158. The van der Waals surface area contributed by atoms with Gasteiger partial charge in [-0.25, -0.2) is 13.2 Å². The molecule has 140 valence electrons. The smallest absolute Gasteiger partial charge is 0.337 e. The molecule has 0 saturated carbocycles. The average molecular weight is 386 g/mol. The quantitative estimate of drug-likeness (QED) is 0.674. The third kappa shape index (κ3) is 3.85. The minimum atomic E-state index is -3.76. The summed E-state index contributed by atoms with van der Waals surface area (Å²) in [7, 11) is -2.48. The van der Waals surface area contributed by atoms with Crippen molar-refractivity contribution in [2.75, 3.05) is 11.8 Å². The van der Waals surface area contributed by atoms with Gasteiger partial charge in [-0.2, -0.15) is 0 Å². The van der Waals surface area contributed by atoms with Gasteiger partial charge in [0.2, 0.25) is 0 Å². The van der Waals surface area contributed by atoms with Crippen molar-refractivity contribution < 1.29 is 22.5 Å². The van der Waals surface area contributed by atoms with E-state index in [0.717, 1.165) is 16.8 Å². The van der Waals surface area contributed by atoms with Crippen LogP contribution in [0.3, 0.4) is 0 Å². The summed E-state index contributed by atoms with van der Waals surface area (Å²) in [6, 6.07) is 12.4. The predicted molar refractivity (Wildman–Crippen MR) is 100 cm³/mol. The van der Waals surface area contributed by atoms with Crippen molar-refractivity contribution >= 4 is 21.7 Å². The molecule has 0 amide bonds. The van der Waals surface area contributed by atoms with Crippen molar-refractivity contribution in [1.29, 1.82) is 0 Å². The molecule has 3 rings (SSSR count). The summed E-state index contributed by atoms with van der Waals surface area (Å²) in [4.78, 5) is 11.6. The lowest BCUT2D eigenvalue weighted by molar-refractivity contribution is 0.0601. The van der Waals surface area contributed by atoms with E-state index in [1.54, 1.807) is 19.1 Å². The Bertz CT molecular complexity index is 1050. The Hall–Kier alpha value is -3.13. The van der Waals surface area contributed by atoms with Crippen LogP contribution >= 0.6 is 0 Å². The number of aromatic nitrogens is 1. The van der Waals surface area contributed by atoms with Crippen molar-refractivity contribution in [3.8, 4) is 11.1 Å². The summed E-state index contributed by atoms with van der Waals surface area (Å²) >= 11 is 0. The first-order valence-electron chi connectivity index (χ1n) is 8.06. The number of carbonyl (C=O) groups is 1. The van der Waals surface area contributed by atoms with Gasteiger partial charge in [-0.15, -0.1) is 0 Å². The average Bonchev–Trinajstić information content (AvgIpc) is 3.00. The van der Waals surface area contributed by atoms with E-state index in [9.17, 15) is 13.2 Å². The van der Waals surface area contributed by atoms with Crippen LogP contribution in [0.15, 0.2) is 57.9 Å². The van der Waals surface area contributed by atoms with E-state index in [1.807, 2.05) is 6.92 Å². The molecule has 0 aliphatic rings. The molecule has 0 bridgehead atoms. The molecule has 0 atom stereocenters. The number of aryl methyl sites for hydroxylation is 2. The molecule has 1 heterocycles. The monoisotopic (exact) mass is 386 g/mol. The topological polar surface area (TPSA) is 98.5 Å². The fourth-order valence-electron chi connectivity index (χ4n) is 2.70. The molecule has 0 fully saturated rings. The largest absolute Gasteiger partial charge is 0.465 e. The van der Waals surface area contributed by atoms with Crippen molar-refractivity contribution in [1.82, 2.24) is 5.16 Å². The molecule has 27 heavy (non-hydrogen) atoms. The van der Waals surface area contributed by atoms with Crippen LogP contribution in [0.4, 0.5) is 5.69 Å². The fourth-order valence-corrected chi connectivity index (χ4v) is 3.76. The van der Waals surface area contributed by atoms with E-state index in [4.69, 9.17) is 4.52 Å². The number of hydrogen-bond donors (Lipinski definition) is 1. The molecule has 1 aromatic heterocycles. The van der Waals surface area contributed by atoms with Crippen LogP contribution < -0.4 is 4.72 Å². The Balaban J connectivity index is 1.82. The Morgan fingerprint density at radius 3 is 2.19 bits per heavy atom. The number of hydrogen-bond acceptors (Lipinski definition) is 6. The highest BCUT2D eigenvalue weighted by atomic mass is 32.2. The third-order valence-electron chi connectivity index (χ3n) is 4.04.